The van der Waals surface area contributed by atoms with Crippen LogP contribution in [-0.4, -0.2) is 109 Å². The molecule has 332 valence electrons. The fraction of sp³-hybridized carbons (Fsp3) is 0.209. The minimum absolute atomic E-state index is 0.0192. The van der Waals surface area contributed by atoms with Gasteiger partial charge >= 0.3 is 12.1 Å². The van der Waals surface area contributed by atoms with Crippen molar-refractivity contribution in [3.8, 4) is 39.8 Å². The zero-order chi connectivity index (χ0) is 45.6. The Hall–Kier alpha value is -7.36. The highest BCUT2D eigenvalue weighted by molar-refractivity contribution is 7.94. The van der Waals surface area contributed by atoms with Gasteiger partial charge in [-0.2, -0.15) is 9.41 Å². The lowest BCUT2D eigenvalue weighted by molar-refractivity contribution is 0.119. The van der Waals surface area contributed by atoms with Crippen LogP contribution in [0.25, 0.3) is 22.5 Å². The SMILES string of the molecule is COc1ccc(CN(Cc2ccc(OC)cc2)S(=O)(=O)c2c(S(=O)(=O)C3CN(C(=O)O)C3)ccc(-c3cccc(C=NNC(N)=O)c3)c2-c2nnnn2Cc2ccc(OC)cc2)cc1. The van der Waals surface area contributed by atoms with Gasteiger partial charge in [-0.1, -0.05) is 60.7 Å². The molecule has 4 N–H and O–H groups in total. The molecular weight excluding hydrogens is 867 g/mol. The summed E-state index contributed by atoms with van der Waals surface area (Å²) in [4.78, 5) is 23.0. The molecule has 19 nitrogen and oxygen atoms in total. The Bertz CT molecular complexity index is 2850. The number of methoxy groups -OCH3 is 3. The van der Waals surface area contributed by atoms with E-state index < -0.39 is 47.0 Å². The monoisotopic (exact) mass is 909 g/mol. The van der Waals surface area contributed by atoms with Crippen LogP contribution in [-0.2, 0) is 39.5 Å². The number of carboxylic acid groups (broad SMARTS) is 1. The number of carbonyl (C=O) groups excluding carboxylic acids is 1. The minimum Gasteiger partial charge on any atom is -0.497 e. The van der Waals surface area contributed by atoms with Gasteiger partial charge in [0.25, 0.3) is 0 Å². The van der Waals surface area contributed by atoms with Crippen LogP contribution in [0.15, 0.2) is 124 Å². The lowest BCUT2D eigenvalue weighted by atomic mass is 9.97. The van der Waals surface area contributed by atoms with Crippen molar-refractivity contribution in [1.29, 1.82) is 0 Å². The molecule has 0 atom stereocenters. The number of hydrogen-bond donors (Lipinski definition) is 3. The van der Waals surface area contributed by atoms with Gasteiger partial charge in [0, 0.05) is 26.2 Å². The van der Waals surface area contributed by atoms with Crippen LogP contribution in [0, 0.1) is 0 Å². The maximum Gasteiger partial charge on any atom is 0.407 e. The van der Waals surface area contributed by atoms with Crippen molar-refractivity contribution in [2.45, 2.75) is 34.7 Å². The zero-order valence-corrected chi connectivity index (χ0v) is 36.4. The van der Waals surface area contributed by atoms with Gasteiger partial charge in [0.2, 0.25) is 10.0 Å². The number of benzene rings is 5. The standard InChI is InChI=1S/C43H43N9O10S2/c1-60-33-13-7-28(8-14-33)23-51(24-29-9-15-34(61-2)16-10-29)64(58,59)40-38(63(56,57)36-26-50(27-36)43(54)55)20-19-37(32-6-4-5-31(21-32)22-45-47-42(44)53)39(40)41-46-48-49-52(41)25-30-11-17-35(62-3)18-12-30/h4-22,36H,23-27H2,1-3H3,(H,54,55)(H3,44,47,53). The molecule has 1 aliphatic heterocycles. The minimum atomic E-state index is -4.96. The number of tetrazole rings is 1. The average Bonchev–Trinajstić information content (AvgIpc) is 3.73. The third-order valence-electron chi connectivity index (χ3n) is 10.5. The van der Waals surface area contributed by atoms with Crippen LogP contribution in [0.4, 0.5) is 9.59 Å². The van der Waals surface area contributed by atoms with Gasteiger partial charge in [0.15, 0.2) is 15.7 Å². The van der Waals surface area contributed by atoms with Gasteiger partial charge in [-0.3, -0.25) is 0 Å². The summed E-state index contributed by atoms with van der Waals surface area (Å²) >= 11 is 0. The molecule has 1 saturated heterocycles. The molecule has 0 radical (unpaired) electrons. The smallest absolute Gasteiger partial charge is 0.407 e. The van der Waals surface area contributed by atoms with Crippen LogP contribution < -0.4 is 25.4 Å². The number of primary amides is 1. The second-order valence-corrected chi connectivity index (χ2v) is 18.6. The van der Waals surface area contributed by atoms with Crippen molar-refractivity contribution in [3.63, 3.8) is 0 Å². The number of hydrogen-bond acceptors (Lipinski definition) is 13. The highest BCUT2D eigenvalue weighted by Gasteiger charge is 2.45. The molecule has 0 bridgehead atoms. The predicted octanol–water partition coefficient (Wildman–Crippen LogP) is 4.61. The van der Waals surface area contributed by atoms with Gasteiger partial charge in [-0.05, 0) is 92.3 Å². The molecule has 0 spiro atoms. The molecule has 2 heterocycles. The number of nitrogens with one attached hydrogen (secondary N) is 1. The van der Waals surface area contributed by atoms with Crippen molar-refractivity contribution in [1.82, 2.24) is 34.8 Å². The third-order valence-corrected chi connectivity index (χ3v) is 14.6. The number of urea groups is 1. The molecule has 7 rings (SSSR count). The Labute approximate surface area is 368 Å². The van der Waals surface area contributed by atoms with Gasteiger partial charge in [0.1, 0.15) is 27.4 Å². The average molecular weight is 910 g/mol. The second kappa shape index (κ2) is 18.9. The lowest BCUT2D eigenvalue weighted by Gasteiger charge is -2.37. The maximum absolute atomic E-state index is 16.0. The van der Waals surface area contributed by atoms with Crippen LogP contribution >= 0.6 is 0 Å². The molecule has 1 fully saturated rings. The highest BCUT2D eigenvalue weighted by Crippen LogP contribution is 2.43. The number of rotatable bonds is 17. The molecule has 1 aliphatic rings. The van der Waals surface area contributed by atoms with Crippen LogP contribution in [0.2, 0.25) is 0 Å². The second-order valence-electron chi connectivity index (χ2n) is 14.5. The summed E-state index contributed by atoms with van der Waals surface area (Å²) in [6.45, 7) is -1.21. The quantitative estimate of drug-likeness (QED) is 0.0837. The summed E-state index contributed by atoms with van der Waals surface area (Å²) in [5.41, 5.74) is 10.1. The summed E-state index contributed by atoms with van der Waals surface area (Å²) in [5.74, 6) is 1.57. The molecule has 5 aromatic carbocycles. The Morgan fingerprint density at radius 3 is 1.92 bits per heavy atom. The molecule has 21 heteroatoms. The Kier molecular flexibility index (Phi) is 13.2. The third kappa shape index (κ3) is 9.65. The summed E-state index contributed by atoms with van der Waals surface area (Å²) in [6.07, 6.45) is 0.0154. The van der Waals surface area contributed by atoms with Crippen LogP contribution in [0.1, 0.15) is 22.3 Å². The lowest BCUT2D eigenvalue weighted by Crippen LogP contribution is -2.56. The van der Waals surface area contributed by atoms with Gasteiger partial charge < -0.3 is 30.0 Å². The van der Waals surface area contributed by atoms with E-state index in [9.17, 15) is 23.1 Å². The summed E-state index contributed by atoms with van der Waals surface area (Å²) in [5, 5.41) is 24.8. The van der Waals surface area contributed by atoms with Crippen LogP contribution in [0.3, 0.4) is 0 Å². The van der Waals surface area contributed by atoms with E-state index in [1.165, 1.54) is 48.7 Å². The van der Waals surface area contributed by atoms with Crippen molar-refractivity contribution < 1.29 is 45.7 Å². The van der Waals surface area contributed by atoms with Gasteiger partial charge in [-0.25, -0.2) is 36.5 Å². The molecule has 1 aromatic heterocycles. The molecule has 0 aliphatic carbocycles. The molecule has 0 saturated carbocycles. The first kappa shape index (κ1) is 44.7. The van der Waals surface area contributed by atoms with E-state index in [-0.39, 0.29) is 49.7 Å². The number of hydrazone groups is 1. The fourth-order valence-electron chi connectivity index (χ4n) is 7.05. The molecule has 6 aromatic rings. The summed E-state index contributed by atoms with van der Waals surface area (Å²) < 4.78 is 80.4. The first-order chi connectivity index (χ1) is 30.7. The molecule has 3 amide bonds. The molecule has 0 unspecified atom stereocenters. The first-order valence-corrected chi connectivity index (χ1v) is 22.4. The number of carbonyl (C=O) groups is 2. The van der Waals surface area contributed by atoms with Crippen LogP contribution in [0.5, 0.6) is 17.2 Å². The van der Waals surface area contributed by atoms with Crippen molar-refractivity contribution in [2.24, 2.45) is 10.8 Å². The number of sulfonamides is 1. The van der Waals surface area contributed by atoms with E-state index in [1.807, 2.05) is 0 Å². The number of nitrogens with two attached hydrogens (primary N) is 1. The maximum atomic E-state index is 16.0. The number of nitrogens with zero attached hydrogens (tertiary/aromatic N) is 7. The van der Waals surface area contributed by atoms with E-state index in [4.69, 9.17) is 19.9 Å². The Morgan fingerprint density at radius 2 is 1.39 bits per heavy atom. The van der Waals surface area contributed by atoms with Gasteiger partial charge in [-0.15, -0.1) is 5.10 Å². The summed E-state index contributed by atoms with van der Waals surface area (Å²) in [6, 6.07) is 29.1. The fourth-order valence-corrected chi connectivity index (χ4v) is 11.1. The molecular formula is C43H43N9O10S2. The van der Waals surface area contributed by atoms with Crippen molar-refractivity contribution >= 4 is 38.2 Å². The van der Waals surface area contributed by atoms with Crippen molar-refractivity contribution in [3.05, 3.63) is 131 Å². The number of aromatic nitrogens is 4. The van der Waals surface area contributed by atoms with E-state index in [0.29, 0.717) is 45.1 Å². The van der Waals surface area contributed by atoms with E-state index in [2.05, 4.69) is 26.1 Å². The number of amides is 3. The number of ether oxygens (including phenoxy) is 3. The topological polar surface area (TPSA) is 251 Å². The number of sulfone groups is 1. The van der Waals surface area contributed by atoms with E-state index >= 15 is 8.42 Å². The Balaban J connectivity index is 1.51. The highest BCUT2D eigenvalue weighted by atomic mass is 32.2. The van der Waals surface area contributed by atoms with Crippen molar-refractivity contribution in [2.75, 3.05) is 34.4 Å². The van der Waals surface area contributed by atoms with E-state index in [1.54, 1.807) is 97.1 Å². The normalized spacial score (nSPS) is 13.2. The van der Waals surface area contributed by atoms with E-state index in [0.717, 1.165) is 4.90 Å². The first-order valence-electron chi connectivity index (χ1n) is 19.4. The number of likely N-dealkylation sites (tertiary alicyclic amines) is 1. The predicted molar refractivity (Wildman–Crippen MR) is 234 cm³/mol. The zero-order valence-electron chi connectivity index (χ0n) is 34.7. The summed E-state index contributed by atoms with van der Waals surface area (Å²) in [7, 11) is -5.03. The Morgan fingerprint density at radius 1 is 0.828 bits per heavy atom. The molecule has 64 heavy (non-hydrogen) atoms. The van der Waals surface area contributed by atoms with Gasteiger partial charge in [0.05, 0.1) is 44.5 Å². The largest absolute Gasteiger partial charge is 0.497 e.